The number of carboxylic acids is 1. The predicted octanol–water partition coefficient (Wildman–Crippen LogP) is 7.11. The van der Waals surface area contributed by atoms with Gasteiger partial charge in [0.2, 0.25) is 0 Å². The minimum absolute atomic E-state index is 0.0907. The van der Waals surface area contributed by atoms with Crippen LogP contribution in [0.3, 0.4) is 0 Å². The van der Waals surface area contributed by atoms with Crippen LogP contribution in [0.2, 0.25) is 0 Å². The van der Waals surface area contributed by atoms with Gasteiger partial charge in [-0.25, -0.2) is 9.48 Å². The molecular weight excluding hydrogens is 536 g/mol. The van der Waals surface area contributed by atoms with Crippen LogP contribution in [-0.4, -0.2) is 32.2 Å². The number of aryl methyl sites for hydroxylation is 1. The van der Waals surface area contributed by atoms with Gasteiger partial charge in [-0.15, -0.1) is 27.8 Å². The zero-order valence-electron chi connectivity index (χ0n) is 20.9. The van der Waals surface area contributed by atoms with E-state index in [2.05, 4.69) is 21.7 Å². The standard InChI is InChI=1S/C28H22N4O5S2/c1-15(16-6-4-3-5-7-16)37-28(35)29-27-26(30-31-32(27)2)24-13-23-22(39-24)12-21(38-23)17-8-9-20-19(10-17)18(14-36-20)11-25(33)34/h3-10,12-15H,11H2,1-2H3,(H,29,35)(H,33,34). The number of furan rings is 1. The van der Waals surface area contributed by atoms with Crippen molar-refractivity contribution in [2.24, 2.45) is 7.05 Å². The van der Waals surface area contributed by atoms with Crippen LogP contribution in [0.5, 0.6) is 0 Å². The van der Waals surface area contributed by atoms with Gasteiger partial charge in [-0.1, -0.05) is 35.5 Å². The second-order valence-corrected chi connectivity index (χ2v) is 11.2. The maximum absolute atomic E-state index is 12.7. The lowest BCUT2D eigenvalue weighted by atomic mass is 10.1. The van der Waals surface area contributed by atoms with Crippen molar-refractivity contribution in [2.45, 2.75) is 19.4 Å². The Labute approximate surface area is 230 Å². The van der Waals surface area contributed by atoms with Crippen molar-refractivity contribution in [3.63, 3.8) is 0 Å². The second-order valence-electron chi connectivity index (χ2n) is 8.99. The van der Waals surface area contributed by atoms with E-state index in [1.807, 2.05) is 61.5 Å². The van der Waals surface area contributed by atoms with Gasteiger partial charge in [-0.05, 0) is 48.4 Å². The molecule has 0 spiro atoms. The van der Waals surface area contributed by atoms with Gasteiger partial charge in [-0.3, -0.25) is 10.1 Å². The van der Waals surface area contributed by atoms with E-state index in [9.17, 15) is 14.7 Å². The third-order valence-electron chi connectivity index (χ3n) is 6.32. The monoisotopic (exact) mass is 558 g/mol. The Morgan fingerprint density at radius 3 is 2.59 bits per heavy atom. The molecule has 0 fully saturated rings. The van der Waals surface area contributed by atoms with Crippen LogP contribution in [-0.2, 0) is 23.0 Å². The largest absolute Gasteiger partial charge is 0.481 e. The zero-order valence-corrected chi connectivity index (χ0v) is 22.5. The summed E-state index contributed by atoms with van der Waals surface area (Å²) < 4.78 is 14.7. The summed E-state index contributed by atoms with van der Waals surface area (Å²) in [5.74, 6) is -0.449. The highest BCUT2D eigenvalue weighted by molar-refractivity contribution is 7.31. The fourth-order valence-electron chi connectivity index (χ4n) is 4.37. The first-order valence-electron chi connectivity index (χ1n) is 12.0. The number of rotatable bonds is 7. The molecule has 1 atom stereocenters. The Hall–Kier alpha value is -4.48. The third kappa shape index (κ3) is 4.89. The number of hydrogen-bond donors (Lipinski definition) is 2. The van der Waals surface area contributed by atoms with Gasteiger partial charge >= 0.3 is 12.1 Å². The summed E-state index contributed by atoms with van der Waals surface area (Å²) in [5, 5.41) is 21.2. The molecular formula is C28H22N4O5S2. The molecule has 0 aliphatic heterocycles. The van der Waals surface area contributed by atoms with Crippen molar-refractivity contribution in [1.29, 1.82) is 0 Å². The molecule has 0 saturated carbocycles. The summed E-state index contributed by atoms with van der Waals surface area (Å²) in [5.41, 5.74) is 3.77. The number of anilines is 1. The number of fused-ring (bicyclic) bond motifs is 2. The van der Waals surface area contributed by atoms with Crippen molar-refractivity contribution in [2.75, 3.05) is 5.32 Å². The summed E-state index contributed by atoms with van der Waals surface area (Å²) in [7, 11) is 1.71. The van der Waals surface area contributed by atoms with Crippen LogP contribution in [0.1, 0.15) is 24.2 Å². The van der Waals surface area contributed by atoms with Gasteiger partial charge in [0.25, 0.3) is 0 Å². The number of aliphatic carboxylic acids is 1. The number of benzene rings is 2. The van der Waals surface area contributed by atoms with Gasteiger partial charge in [0, 0.05) is 32.3 Å². The Bertz CT molecular complexity index is 1800. The third-order valence-corrected chi connectivity index (χ3v) is 8.67. The maximum atomic E-state index is 12.7. The van der Waals surface area contributed by atoms with Crippen LogP contribution < -0.4 is 5.32 Å². The van der Waals surface area contributed by atoms with Gasteiger partial charge in [-0.2, -0.15) is 0 Å². The normalized spacial score (nSPS) is 12.2. The molecule has 4 aromatic heterocycles. The van der Waals surface area contributed by atoms with Crippen LogP contribution in [0.25, 0.3) is 41.4 Å². The molecule has 11 heteroatoms. The molecule has 6 aromatic rings. The van der Waals surface area contributed by atoms with Gasteiger partial charge in [0.1, 0.15) is 17.4 Å². The number of thiophene rings is 2. The number of ether oxygens (including phenoxy) is 1. The Morgan fingerprint density at radius 2 is 1.82 bits per heavy atom. The molecule has 0 bridgehead atoms. The smallest absolute Gasteiger partial charge is 0.413 e. The zero-order chi connectivity index (χ0) is 27.1. The van der Waals surface area contributed by atoms with E-state index in [4.69, 9.17) is 9.15 Å². The average molecular weight is 559 g/mol. The summed E-state index contributed by atoms with van der Waals surface area (Å²) in [6.07, 6.45) is 0.414. The molecule has 39 heavy (non-hydrogen) atoms. The molecule has 2 aromatic carbocycles. The fourth-order valence-corrected chi connectivity index (χ4v) is 6.75. The molecule has 0 saturated heterocycles. The molecule has 0 aliphatic carbocycles. The number of amides is 1. The van der Waals surface area contributed by atoms with Crippen molar-refractivity contribution in [3.05, 3.63) is 78.1 Å². The van der Waals surface area contributed by atoms with E-state index in [1.54, 1.807) is 29.7 Å². The molecule has 196 valence electrons. The van der Waals surface area contributed by atoms with Crippen molar-refractivity contribution >= 4 is 60.9 Å². The quantitative estimate of drug-likeness (QED) is 0.214. The van der Waals surface area contributed by atoms with Gasteiger partial charge in [0.05, 0.1) is 17.6 Å². The number of carbonyl (C=O) groups is 2. The molecule has 1 amide bonds. The van der Waals surface area contributed by atoms with E-state index in [-0.39, 0.29) is 6.42 Å². The van der Waals surface area contributed by atoms with Gasteiger partial charge in [0.15, 0.2) is 5.82 Å². The number of nitrogens with one attached hydrogen (secondary N) is 1. The van der Waals surface area contributed by atoms with E-state index in [0.717, 1.165) is 35.7 Å². The van der Waals surface area contributed by atoms with Crippen LogP contribution in [0.15, 0.2) is 71.3 Å². The fraction of sp³-hybridized carbons (Fsp3) is 0.143. The highest BCUT2D eigenvalue weighted by Crippen LogP contribution is 2.43. The number of hydrogen-bond acceptors (Lipinski definition) is 8. The predicted molar refractivity (Wildman–Crippen MR) is 151 cm³/mol. The number of carbonyl (C=O) groups excluding carboxylic acids is 1. The lowest BCUT2D eigenvalue weighted by Gasteiger charge is -2.14. The van der Waals surface area contributed by atoms with Crippen molar-refractivity contribution < 1.29 is 23.8 Å². The SMILES string of the molecule is CC(OC(=O)Nc1c(-c2cc3sc(-c4ccc5occ(CC(=O)O)c5c4)cc3s2)nnn1C)c1ccccc1. The van der Waals surface area contributed by atoms with Crippen LogP contribution in [0, 0.1) is 0 Å². The van der Waals surface area contributed by atoms with Crippen molar-refractivity contribution in [1.82, 2.24) is 15.0 Å². The molecule has 9 nitrogen and oxygen atoms in total. The maximum Gasteiger partial charge on any atom is 0.413 e. The minimum Gasteiger partial charge on any atom is -0.481 e. The number of aromatic nitrogens is 3. The van der Waals surface area contributed by atoms with Crippen LogP contribution in [0.4, 0.5) is 10.6 Å². The van der Waals surface area contributed by atoms with Crippen LogP contribution >= 0.6 is 22.7 Å². The summed E-state index contributed by atoms with van der Waals surface area (Å²) in [4.78, 5) is 25.8. The first-order chi connectivity index (χ1) is 18.9. The first-order valence-corrected chi connectivity index (χ1v) is 13.7. The Morgan fingerprint density at radius 1 is 1.08 bits per heavy atom. The topological polar surface area (TPSA) is 119 Å². The molecule has 0 aliphatic rings. The molecule has 4 heterocycles. The second kappa shape index (κ2) is 10.0. The molecule has 0 radical (unpaired) electrons. The van der Waals surface area contributed by atoms with Crippen molar-refractivity contribution in [3.8, 4) is 21.0 Å². The van der Waals surface area contributed by atoms with E-state index in [1.165, 1.54) is 10.9 Å². The first kappa shape index (κ1) is 24.8. The summed E-state index contributed by atoms with van der Waals surface area (Å²) in [6.45, 7) is 1.82. The number of carboxylic acid groups (broad SMARTS) is 1. The Kier molecular flexibility index (Phi) is 6.37. The lowest BCUT2D eigenvalue weighted by Crippen LogP contribution is -2.18. The van der Waals surface area contributed by atoms with Gasteiger partial charge < -0.3 is 14.3 Å². The van der Waals surface area contributed by atoms with E-state index in [0.29, 0.717) is 22.7 Å². The average Bonchev–Trinajstić information content (AvgIpc) is 3.68. The highest BCUT2D eigenvalue weighted by atomic mass is 32.1. The lowest BCUT2D eigenvalue weighted by molar-refractivity contribution is -0.136. The molecule has 1 unspecified atom stereocenters. The molecule has 6 rings (SSSR count). The highest BCUT2D eigenvalue weighted by Gasteiger charge is 2.21. The summed E-state index contributed by atoms with van der Waals surface area (Å²) >= 11 is 3.18. The molecule has 2 N–H and O–H groups in total. The Balaban J connectivity index is 1.24. The van der Waals surface area contributed by atoms with E-state index < -0.39 is 18.2 Å². The minimum atomic E-state index is -0.899. The van der Waals surface area contributed by atoms with E-state index >= 15 is 0 Å². The number of nitrogens with zero attached hydrogens (tertiary/aromatic N) is 3. The summed E-state index contributed by atoms with van der Waals surface area (Å²) in [6, 6.07) is 19.5.